The molecule has 0 atom stereocenters. The Morgan fingerprint density at radius 1 is 1.09 bits per heavy atom. The van der Waals surface area contributed by atoms with Crippen LogP contribution in [0.3, 0.4) is 0 Å². The molecule has 6 nitrogen and oxygen atoms in total. The van der Waals surface area contributed by atoms with Crippen molar-refractivity contribution in [2.75, 3.05) is 0 Å². The Balaban J connectivity index is 1.50. The topological polar surface area (TPSA) is 69.0 Å². The van der Waals surface area contributed by atoms with E-state index >= 15 is 0 Å². The molecule has 0 fully saturated rings. The lowest BCUT2D eigenvalue weighted by Gasteiger charge is -2.13. The molecular weight excluding hydrogens is 414 g/mol. The van der Waals surface area contributed by atoms with Gasteiger partial charge in [-0.25, -0.2) is 18.4 Å². The molecule has 2 heterocycles. The predicted molar refractivity (Wildman–Crippen MR) is 115 cm³/mol. The van der Waals surface area contributed by atoms with Crippen molar-refractivity contribution in [2.24, 2.45) is 0 Å². The molecule has 0 aliphatic heterocycles. The van der Waals surface area contributed by atoms with E-state index in [0.717, 1.165) is 11.6 Å². The van der Waals surface area contributed by atoms with Crippen LogP contribution < -0.4 is 10.1 Å². The SMILES string of the molecule is Cc1cnn(-c2cc(Oc3cccc(C(=O)NCc4cc(F)cc(F)c4)c3C)ccn2)c1. The number of hydrogen-bond acceptors (Lipinski definition) is 4. The van der Waals surface area contributed by atoms with E-state index in [1.165, 1.54) is 12.1 Å². The Labute approximate surface area is 183 Å². The van der Waals surface area contributed by atoms with Gasteiger partial charge in [-0.1, -0.05) is 6.07 Å². The van der Waals surface area contributed by atoms with Crippen molar-refractivity contribution < 1.29 is 18.3 Å². The van der Waals surface area contributed by atoms with Crippen LogP contribution in [-0.4, -0.2) is 20.7 Å². The number of rotatable bonds is 6. The van der Waals surface area contributed by atoms with Crippen LogP contribution >= 0.6 is 0 Å². The number of nitrogens with zero attached hydrogens (tertiary/aromatic N) is 3. The summed E-state index contributed by atoms with van der Waals surface area (Å²) < 4.78 is 34.4. The number of aromatic nitrogens is 3. The van der Waals surface area contributed by atoms with Crippen molar-refractivity contribution in [3.8, 4) is 17.3 Å². The van der Waals surface area contributed by atoms with E-state index in [9.17, 15) is 13.6 Å². The Hall–Kier alpha value is -4.07. The summed E-state index contributed by atoms with van der Waals surface area (Å²) in [6.45, 7) is 3.70. The Bertz CT molecular complexity index is 1270. The van der Waals surface area contributed by atoms with Crippen molar-refractivity contribution in [1.82, 2.24) is 20.1 Å². The number of ether oxygens (including phenoxy) is 1. The summed E-state index contributed by atoms with van der Waals surface area (Å²) in [5.41, 5.74) is 2.37. The van der Waals surface area contributed by atoms with Crippen LogP contribution in [0.4, 0.5) is 8.78 Å². The molecule has 0 radical (unpaired) electrons. The lowest BCUT2D eigenvalue weighted by atomic mass is 10.1. The van der Waals surface area contributed by atoms with Crippen molar-refractivity contribution in [2.45, 2.75) is 20.4 Å². The van der Waals surface area contributed by atoms with Crippen LogP contribution in [0, 0.1) is 25.5 Å². The van der Waals surface area contributed by atoms with Crippen LogP contribution in [-0.2, 0) is 6.54 Å². The monoisotopic (exact) mass is 434 g/mol. The molecule has 0 spiro atoms. The van der Waals surface area contributed by atoms with E-state index in [-0.39, 0.29) is 12.5 Å². The van der Waals surface area contributed by atoms with Gasteiger partial charge in [0.25, 0.3) is 5.91 Å². The smallest absolute Gasteiger partial charge is 0.251 e. The minimum atomic E-state index is -0.692. The highest BCUT2D eigenvalue weighted by molar-refractivity contribution is 5.96. The van der Waals surface area contributed by atoms with Gasteiger partial charge < -0.3 is 10.1 Å². The highest BCUT2D eigenvalue weighted by atomic mass is 19.1. The molecule has 0 aliphatic rings. The second kappa shape index (κ2) is 8.97. The third kappa shape index (κ3) is 4.80. The first-order valence-corrected chi connectivity index (χ1v) is 9.87. The average Bonchev–Trinajstić information content (AvgIpc) is 3.19. The van der Waals surface area contributed by atoms with Gasteiger partial charge in [0.15, 0.2) is 5.82 Å². The normalized spacial score (nSPS) is 10.8. The number of aryl methyl sites for hydroxylation is 1. The first-order valence-electron chi connectivity index (χ1n) is 9.87. The first kappa shape index (κ1) is 21.2. The van der Waals surface area contributed by atoms with Crippen LogP contribution in [0.1, 0.15) is 27.0 Å². The minimum Gasteiger partial charge on any atom is -0.457 e. The zero-order chi connectivity index (χ0) is 22.7. The Kier molecular flexibility index (Phi) is 5.93. The van der Waals surface area contributed by atoms with E-state index in [0.29, 0.717) is 34.0 Å². The fourth-order valence-electron chi connectivity index (χ4n) is 3.22. The molecule has 2 aromatic carbocycles. The first-order chi connectivity index (χ1) is 15.4. The molecule has 1 amide bonds. The number of benzene rings is 2. The molecule has 0 unspecified atom stereocenters. The number of halogens is 2. The standard InChI is InChI=1S/C24H20F2N4O2/c1-15-12-29-30(14-15)23-11-20(6-7-27-23)32-22-5-3-4-21(16(22)2)24(31)28-13-17-8-18(25)10-19(26)9-17/h3-12,14H,13H2,1-2H3,(H,28,31). The molecule has 1 N–H and O–H groups in total. The maximum absolute atomic E-state index is 13.4. The van der Waals surface area contributed by atoms with E-state index < -0.39 is 11.6 Å². The fourth-order valence-corrected chi connectivity index (χ4v) is 3.22. The van der Waals surface area contributed by atoms with Crippen molar-refractivity contribution in [1.29, 1.82) is 0 Å². The van der Waals surface area contributed by atoms with E-state index in [1.807, 2.05) is 13.1 Å². The van der Waals surface area contributed by atoms with E-state index in [2.05, 4.69) is 15.4 Å². The van der Waals surface area contributed by atoms with Gasteiger partial charge in [-0.3, -0.25) is 4.79 Å². The summed E-state index contributed by atoms with van der Waals surface area (Å²) in [6.07, 6.45) is 5.21. The summed E-state index contributed by atoms with van der Waals surface area (Å²) >= 11 is 0. The Morgan fingerprint density at radius 3 is 2.59 bits per heavy atom. The van der Waals surface area contributed by atoms with Crippen molar-refractivity contribution >= 4 is 5.91 Å². The number of pyridine rings is 1. The molecule has 32 heavy (non-hydrogen) atoms. The van der Waals surface area contributed by atoms with Gasteiger partial charge in [-0.15, -0.1) is 0 Å². The third-order valence-electron chi connectivity index (χ3n) is 4.80. The fraction of sp³-hybridized carbons (Fsp3) is 0.125. The maximum atomic E-state index is 13.4. The van der Waals surface area contributed by atoms with Crippen LogP contribution in [0.2, 0.25) is 0 Å². The highest BCUT2D eigenvalue weighted by Crippen LogP contribution is 2.28. The Morgan fingerprint density at radius 2 is 1.88 bits per heavy atom. The number of nitrogens with one attached hydrogen (secondary N) is 1. The summed E-state index contributed by atoms with van der Waals surface area (Å²) in [6, 6.07) is 11.7. The number of carbonyl (C=O) groups excluding carboxylic acids is 1. The molecule has 0 aliphatic carbocycles. The largest absolute Gasteiger partial charge is 0.457 e. The zero-order valence-electron chi connectivity index (χ0n) is 17.5. The summed E-state index contributed by atoms with van der Waals surface area (Å²) in [5.74, 6) is -0.113. The van der Waals surface area contributed by atoms with Gasteiger partial charge in [0.1, 0.15) is 23.1 Å². The number of hydrogen-bond donors (Lipinski definition) is 1. The molecule has 0 saturated heterocycles. The second-order valence-corrected chi connectivity index (χ2v) is 7.30. The van der Waals surface area contributed by atoms with Crippen molar-refractivity contribution in [3.63, 3.8) is 0 Å². The van der Waals surface area contributed by atoms with Crippen LogP contribution in [0.15, 0.2) is 67.1 Å². The van der Waals surface area contributed by atoms with Crippen molar-refractivity contribution in [3.05, 3.63) is 101 Å². The molecule has 0 saturated carbocycles. The zero-order valence-corrected chi connectivity index (χ0v) is 17.5. The van der Waals surface area contributed by atoms with Crippen LogP contribution in [0.25, 0.3) is 5.82 Å². The molecule has 0 bridgehead atoms. The molecule has 4 aromatic rings. The summed E-state index contributed by atoms with van der Waals surface area (Å²) in [4.78, 5) is 17.0. The average molecular weight is 434 g/mol. The second-order valence-electron chi connectivity index (χ2n) is 7.30. The van der Waals surface area contributed by atoms with E-state index in [1.54, 1.807) is 54.3 Å². The molecule has 162 valence electrons. The quantitative estimate of drug-likeness (QED) is 0.469. The number of amides is 1. The van der Waals surface area contributed by atoms with Gasteiger partial charge >= 0.3 is 0 Å². The minimum absolute atomic E-state index is 0.00492. The van der Waals surface area contributed by atoms with Gasteiger partial charge in [-0.2, -0.15) is 5.10 Å². The molecule has 4 rings (SSSR count). The predicted octanol–water partition coefficient (Wildman–Crippen LogP) is 4.88. The van der Waals surface area contributed by atoms with Gasteiger partial charge in [-0.05, 0) is 55.3 Å². The molecule has 2 aromatic heterocycles. The van der Waals surface area contributed by atoms with Gasteiger partial charge in [0, 0.05) is 42.2 Å². The third-order valence-corrected chi connectivity index (χ3v) is 4.80. The maximum Gasteiger partial charge on any atom is 0.251 e. The van der Waals surface area contributed by atoms with Gasteiger partial charge in [0.2, 0.25) is 0 Å². The molecule has 8 heteroatoms. The summed E-state index contributed by atoms with van der Waals surface area (Å²) in [5, 5.41) is 6.93. The summed E-state index contributed by atoms with van der Waals surface area (Å²) in [7, 11) is 0. The lowest BCUT2D eigenvalue weighted by Crippen LogP contribution is -2.23. The highest BCUT2D eigenvalue weighted by Gasteiger charge is 2.14. The van der Waals surface area contributed by atoms with E-state index in [4.69, 9.17) is 4.74 Å². The van der Waals surface area contributed by atoms with Crippen LogP contribution in [0.5, 0.6) is 11.5 Å². The number of carbonyl (C=O) groups is 1. The lowest BCUT2D eigenvalue weighted by molar-refractivity contribution is 0.0950. The molecular formula is C24H20F2N4O2. The van der Waals surface area contributed by atoms with Gasteiger partial charge in [0.05, 0.1) is 6.20 Å².